The monoisotopic (exact) mass is 357 g/mol. The molecule has 1 aromatic heterocycles. The smallest absolute Gasteiger partial charge is 0.253 e. The highest BCUT2D eigenvalue weighted by molar-refractivity contribution is 6.01. The highest BCUT2D eigenvalue weighted by atomic mass is 16.5. The molecule has 1 aliphatic heterocycles. The number of nitrogen functional groups attached to an aromatic ring is 1. The minimum atomic E-state index is -0.175. The van der Waals surface area contributed by atoms with Crippen LogP contribution in [-0.2, 0) is 4.74 Å². The van der Waals surface area contributed by atoms with Crippen LogP contribution in [-0.4, -0.2) is 49.2 Å². The van der Waals surface area contributed by atoms with E-state index in [1.807, 2.05) is 25.1 Å². The van der Waals surface area contributed by atoms with Gasteiger partial charge in [-0.15, -0.1) is 0 Å². The quantitative estimate of drug-likeness (QED) is 0.463. The zero-order chi connectivity index (χ0) is 18.5. The Morgan fingerprint density at radius 2 is 2.08 bits per heavy atom. The summed E-state index contributed by atoms with van der Waals surface area (Å²) in [4.78, 5) is 23.0. The van der Waals surface area contributed by atoms with E-state index in [0.29, 0.717) is 36.2 Å². The fraction of sp³-hybridized carbons (Fsp3) is 0.353. The summed E-state index contributed by atoms with van der Waals surface area (Å²) < 4.78 is 5.39. The van der Waals surface area contributed by atoms with Crippen LogP contribution in [0.1, 0.15) is 15.9 Å². The van der Waals surface area contributed by atoms with E-state index in [2.05, 4.69) is 30.9 Å². The lowest BCUT2D eigenvalue weighted by Gasteiger charge is -2.29. The third-order valence-electron chi connectivity index (χ3n) is 4.20. The first-order chi connectivity index (χ1) is 12.6. The molecule has 26 heavy (non-hydrogen) atoms. The van der Waals surface area contributed by atoms with Gasteiger partial charge in [0.25, 0.3) is 5.91 Å². The average molecular weight is 357 g/mol. The normalized spacial score (nSPS) is 14.0. The van der Waals surface area contributed by atoms with Crippen LogP contribution in [0, 0.1) is 6.92 Å². The van der Waals surface area contributed by atoms with Crippen molar-refractivity contribution in [1.29, 1.82) is 0 Å². The first kappa shape index (κ1) is 17.9. The number of rotatable bonds is 5. The van der Waals surface area contributed by atoms with E-state index in [-0.39, 0.29) is 5.91 Å². The lowest BCUT2D eigenvalue weighted by atomic mass is 10.1. The van der Waals surface area contributed by atoms with Gasteiger partial charge in [-0.3, -0.25) is 10.2 Å². The van der Waals surface area contributed by atoms with Crippen molar-refractivity contribution in [3.63, 3.8) is 0 Å². The predicted octanol–water partition coefficient (Wildman–Crippen LogP) is 1.01. The summed E-state index contributed by atoms with van der Waals surface area (Å²) in [5, 5.41) is 5.90. The molecule has 2 heterocycles. The summed E-state index contributed by atoms with van der Waals surface area (Å²) in [6, 6.07) is 5.75. The van der Waals surface area contributed by atoms with Crippen LogP contribution in [0.4, 0.5) is 23.1 Å². The fourth-order valence-electron chi connectivity index (χ4n) is 2.75. The number of benzene rings is 1. The molecule has 2 aromatic rings. The van der Waals surface area contributed by atoms with Crippen LogP contribution < -0.4 is 26.8 Å². The minimum absolute atomic E-state index is 0.175. The van der Waals surface area contributed by atoms with Crippen molar-refractivity contribution in [3.8, 4) is 0 Å². The molecule has 1 fully saturated rings. The molecule has 1 amide bonds. The van der Waals surface area contributed by atoms with E-state index in [0.717, 1.165) is 24.3 Å². The molecule has 138 valence electrons. The second-order valence-corrected chi connectivity index (χ2v) is 5.90. The van der Waals surface area contributed by atoms with Gasteiger partial charge in [0.15, 0.2) is 0 Å². The Bertz CT molecular complexity index is 791. The van der Waals surface area contributed by atoms with Crippen molar-refractivity contribution in [3.05, 3.63) is 35.5 Å². The van der Waals surface area contributed by atoms with Crippen LogP contribution in [0.5, 0.6) is 0 Å². The number of carbonyl (C=O) groups is 1. The van der Waals surface area contributed by atoms with Crippen LogP contribution >= 0.6 is 0 Å². The summed E-state index contributed by atoms with van der Waals surface area (Å²) in [6.07, 6.45) is 1.66. The lowest BCUT2D eigenvalue weighted by molar-refractivity contribution is 0.0964. The maximum absolute atomic E-state index is 12.4. The molecule has 0 unspecified atom stereocenters. The number of hydrogen-bond donors (Lipinski definition) is 4. The Morgan fingerprint density at radius 1 is 1.31 bits per heavy atom. The van der Waals surface area contributed by atoms with E-state index in [1.54, 1.807) is 13.2 Å². The second kappa shape index (κ2) is 7.98. The van der Waals surface area contributed by atoms with Gasteiger partial charge in [-0.2, -0.15) is 4.98 Å². The van der Waals surface area contributed by atoms with Gasteiger partial charge in [0.05, 0.1) is 24.5 Å². The molecule has 0 atom stereocenters. The number of hydrogen-bond acceptors (Lipinski definition) is 8. The minimum Gasteiger partial charge on any atom is -0.378 e. The van der Waals surface area contributed by atoms with E-state index < -0.39 is 0 Å². The zero-order valence-electron chi connectivity index (χ0n) is 14.9. The third kappa shape index (κ3) is 3.84. The largest absolute Gasteiger partial charge is 0.378 e. The Hall–Kier alpha value is -2.91. The maximum Gasteiger partial charge on any atom is 0.253 e. The zero-order valence-corrected chi connectivity index (χ0v) is 14.9. The average Bonchev–Trinajstić information content (AvgIpc) is 2.70. The lowest BCUT2D eigenvalue weighted by Crippen LogP contribution is -2.36. The van der Waals surface area contributed by atoms with E-state index in [1.165, 1.54) is 0 Å². The SMILES string of the molecule is CNC(=O)c1cc(N2CCOCC2)ccc1Nc1nc(NN)ncc1C. The number of aryl methyl sites for hydroxylation is 1. The van der Waals surface area contributed by atoms with Crippen molar-refractivity contribution < 1.29 is 9.53 Å². The number of ether oxygens (including phenoxy) is 1. The fourth-order valence-corrected chi connectivity index (χ4v) is 2.75. The molecule has 0 spiro atoms. The Kier molecular flexibility index (Phi) is 5.49. The molecule has 1 saturated heterocycles. The third-order valence-corrected chi connectivity index (χ3v) is 4.20. The highest BCUT2D eigenvalue weighted by Crippen LogP contribution is 2.27. The Balaban J connectivity index is 1.94. The first-order valence-electron chi connectivity index (χ1n) is 8.38. The topological polar surface area (TPSA) is 117 Å². The number of amides is 1. The van der Waals surface area contributed by atoms with Crippen molar-refractivity contribution in [2.75, 3.05) is 49.0 Å². The standard InChI is InChI=1S/C17H23N7O2/c1-11-10-20-17(23-18)22-15(11)21-14-4-3-12(9-13(14)16(25)19-2)24-5-7-26-8-6-24/h3-4,9-10H,5-8,18H2,1-2H3,(H,19,25)(H2,20,21,22,23). The van der Waals surface area contributed by atoms with Gasteiger partial charge in [-0.25, -0.2) is 10.8 Å². The molecule has 0 bridgehead atoms. The predicted molar refractivity (Wildman–Crippen MR) is 101 cm³/mol. The molecule has 9 heteroatoms. The number of nitrogens with one attached hydrogen (secondary N) is 3. The van der Waals surface area contributed by atoms with Gasteiger partial charge in [-0.05, 0) is 25.1 Å². The van der Waals surface area contributed by atoms with Gasteiger partial charge in [0.1, 0.15) is 5.82 Å². The van der Waals surface area contributed by atoms with Crippen molar-refractivity contribution in [2.24, 2.45) is 5.84 Å². The maximum atomic E-state index is 12.4. The molecule has 9 nitrogen and oxygen atoms in total. The summed E-state index contributed by atoms with van der Waals surface area (Å²) in [5.74, 6) is 6.08. The molecule has 0 saturated carbocycles. The van der Waals surface area contributed by atoms with E-state index in [4.69, 9.17) is 10.6 Å². The number of morpholine rings is 1. The molecule has 1 aliphatic rings. The molecule has 5 N–H and O–H groups in total. The number of anilines is 4. The number of nitrogens with zero attached hydrogens (tertiary/aromatic N) is 3. The van der Waals surface area contributed by atoms with Gasteiger partial charge >= 0.3 is 0 Å². The van der Waals surface area contributed by atoms with Crippen molar-refractivity contribution in [1.82, 2.24) is 15.3 Å². The molecule has 3 rings (SSSR count). The van der Waals surface area contributed by atoms with Gasteiger partial charge in [0, 0.05) is 37.6 Å². The van der Waals surface area contributed by atoms with Crippen LogP contribution in [0.25, 0.3) is 0 Å². The van der Waals surface area contributed by atoms with Gasteiger partial charge < -0.3 is 20.3 Å². The molecule has 1 aromatic carbocycles. The molecule has 0 radical (unpaired) electrons. The first-order valence-corrected chi connectivity index (χ1v) is 8.38. The van der Waals surface area contributed by atoms with Crippen molar-refractivity contribution >= 4 is 29.0 Å². The van der Waals surface area contributed by atoms with E-state index >= 15 is 0 Å². The van der Waals surface area contributed by atoms with Crippen LogP contribution in [0.3, 0.4) is 0 Å². The summed E-state index contributed by atoms with van der Waals surface area (Å²) >= 11 is 0. The number of carbonyl (C=O) groups excluding carboxylic acids is 1. The number of aromatic nitrogens is 2. The summed E-state index contributed by atoms with van der Waals surface area (Å²) in [7, 11) is 1.61. The van der Waals surface area contributed by atoms with Crippen LogP contribution in [0.2, 0.25) is 0 Å². The summed E-state index contributed by atoms with van der Waals surface area (Å²) in [6.45, 7) is 4.85. The summed E-state index contributed by atoms with van der Waals surface area (Å²) in [5.41, 5.74) is 5.44. The Labute approximate surface area is 151 Å². The molecular weight excluding hydrogens is 334 g/mol. The Morgan fingerprint density at radius 3 is 2.77 bits per heavy atom. The van der Waals surface area contributed by atoms with Crippen LogP contribution in [0.15, 0.2) is 24.4 Å². The van der Waals surface area contributed by atoms with Crippen molar-refractivity contribution in [2.45, 2.75) is 6.92 Å². The van der Waals surface area contributed by atoms with Gasteiger partial charge in [0.2, 0.25) is 5.95 Å². The van der Waals surface area contributed by atoms with Gasteiger partial charge in [-0.1, -0.05) is 0 Å². The van der Waals surface area contributed by atoms with E-state index in [9.17, 15) is 4.79 Å². The molecule has 0 aliphatic carbocycles. The highest BCUT2D eigenvalue weighted by Gasteiger charge is 2.17. The second-order valence-electron chi connectivity index (χ2n) is 5.90. The number of hydrazine groups is 1. The number of nitrogens with two attached hydrogens (primary N) is 1. The molecular formula is C17H23N7O2.